The maximum absolute atomic E-state index is 5.43. The monoisotopic (exact) mass is 240 g/mol. The summed E-state index contributed by atoms with van der Waals surface area (Å²) >= 11 is 0. The summed E-state index contributed by atoms with van der Waals surface area (Å²) in [5.41, 5.74) is 1.11. The second kappa shape index (κ2) is 5.57. The van der Waals surface area contributed by atoms with E-state index in [-0.39, 0.29) is 0 Å². The molecule has 0 unspecified atom stereocenters. The van der Waals surface area contributed by atoms with Gasteiger partial charge in [0.1, 0.15) is 0 Å². The van der Waals surface area contributed by atoms with Gasteiger partial charge in [-0.25, -0.2) is 0 Å². The summed E-state index contributed by atoms with van der Waals surface area (Å²) in [6.07, 6.45) is 3.14. The number of hydrogen-bond acceptors (Lipinski definition) is 5. The maximum Gasteiger partial charge on any atom is 0.0738 e. The van der Waals surface area contributed by atoms with Crippen LogP contribution < -0.4 is 0 Å². The molecule has 2 atom stereocenters. The Morgan fingerprint density at radius 3 is 2.88 bits per heavy atom. The van der Waals surface area contributed by atoms with Crippen LogP contribution in [-0.2, 0) is 23.1 Å². The SMILES string of the molecule is COC[C@@H]1C[C@@H](OC)CN1Cc1cnnn1C. The van der Waals surface area contributed by atoms with Gasteiger partial charge < -0.3 is 9.47 Å². The van der Waals surface area contributed by atoms with Crippen LogP contribution in [0.5, 0.6) is 0 Å². The zero-order valence-corrected chi connectivity index (χ0v) is 10.7. The molecule has 0 aliphatic carbocycles. The number of aryl methyl sites for hydroxylation is 1. The molecule has 0 amide bonds. The molecule has 6 nitrogen and oxygen atoms in total. The second-order valence-electron chi connectivity index (χ2n) is 4.48. The van der Waals surface area contributed by atoms with Crippen molar-refractivity contribution in [2.24, 2.45) is 7.05 Å². The Labute approximate surface area is 101 Å². The Hall–Kier alpha value is -0.980. The van der Waals surface area contributed by atoms with Crippen molar-refractivity contribution in [3.63, 3.8) is 0 Å². The summed E-state index contributed by atoms with van der Waals surface area (Å²) in [6.45, 7) is 2.53. The lowest BCUT2D eigenvalue weighted by atomic mass is 10.2. The molecule has 2 rings (SSSR count). The molecule has 6 heteroatoms. The first-order chi connectivity index (χ1) is 8.24. The highest BCUT2D eigenvalue weighted by Crippen LogP contribution is 2.22. The van der Waals surface area contributed by atoms with Crippen LogP contribution in [0.1, 0.15) is 12.1 Å². The number of aromatic nitrogens is 3. The van der Waals surface area contributed by atoms with Crippen molar-refractivity contribution in [3.8, 4) is 0 Å². The molecule has 0 bridgehead atoms. The highest BCUT2D eigenvalue weighted by Gasteiger charge is 2.32. The highest BCUT2D eigenvalue weighted by molar-refractivity contribution is 4.97. The largest absolute Gasteiger partial charge is 0.383 e. The quantitative estimate of drug-likeness (QED) is 0.728. The van der Waals surface area contributed by atoms with E-state index in [4.69, 9.17) is 9.47 Å². The van der Waals surface area contributed by atoms with E-state index in [1.807, 2.05) is 17.9 Å². The Morgan fingerprint density at radius 1 is 1.47 bits per heavy atom. The number of likely N-dealkylation sites (tertiary alicyclic amines) is 1. The molecule has 0 saturated carbocycles. The fourth-order valence-electron chi connectivity index (χ4n) is 2.33. The van der Waals surface area contributed by atoms with Crippen LogP contribution in [0.3, 0.4) is 0 Å². The summed E-state index contributed by atoms with van der Waals surface area (Å²) in [7, 11) is 5.42. The summed E-state index contributed by atoms with van der Waals surface area (Å²) in [4.78, 5) is 2.37. The van der Waals surface area contributed by atoms with Crippen LogP contribution in [-0.4, -0.2) is 59.4 Å². The number of ether oxygens (including phenoxy) is 2. The first-order valence-corrected chi connectivity index (χ1v) is 5.84. The van der Waals surface area contributed by atoms with Crippen molar-refractivity contribution in [2.75, 3.05) is 27.4 Å². The van der Waals surface area contributed by atoms with Gasteiger partial charge >= 0.3 is 0 Å². The minimum absolute atomic E-state index is 0.302. The molecule has 1 aliphatic rings. The van der Waals surface area contributed by atoms with Gasteiger partial charge in [-0.15, -0.1) is 5.10 Å². The lowest BCUT2D eigenvalue weighted by Crippen LogP contribution is -2.33. The average molecular weight is 240 g/mol. The van der Waals surface area contributed by atoms with Gasteiger partial charge in [0.25, 0.3) is 0 Å². The Morgan fingerprint density at radius 2 is 2.29 bits per heavy atom. The third-order valence-corrected chi connectivity index (χ3v) is 3.36. The molecule has 0 spiro atoms. The molecule has 1 saturated heterocycles. The van der Waals surface area contributed by atoms with E-state index >= 15 is 0 Å². The highest BCUT2D eigenvalue weighted by atomic mass is 16.5. The van der Waals surface area contributed by atoms with Crippen molar-refractivity contribution >= 4 is 0 Å². The second-order valence-corrected chi connectivity index (χ2v) is 4.48. The van der Waals surface area contributed by atoms with Gasteiger partial charge in [0.05, 0.1) is 24.6 Å². The minimum Gasteiger partial charge on any atom is -0.383 e. The van der Waals surface area contributed by atoms with Gasteiger partial charge in [-0.3, -0.25) is 9.58 Å². The lowest BCUT2D eigenvalue weighted by molar-refractivity contribution is 0.105. The first kappa shape index (κ1) is 12.5. The van der Waals surface area contributed by atoms with Gasteiger partial charge in [0.2, 0.25) is 0 Å². The standard InChI is InChI=1S/C11H20N4O2/c1-14-10(5-12-13-14)6-15-7-11(17-3)4-9(15)8-16-2/h5,9,11H,4,6-8H2,1-3H3/t9-,11+/m0/s1. The van der Waals surface area contributed by atoms with Crippen LogP contribution in [0.4, 0.5) is 0 Å². The zero-order chi connectivity index (χ0) is 12.3. The van der Waals surface area contributed by atoms with E-state index < -0.39 is 0 Å². The predicted octanol–water partition coefficient (Wildman–Crippen LogP) is 0.0508. The molecule has 96 valence electrons. The molecule has 17 heavy (non-hydrogen) atoms. The third-order valence-electron chi connectivity index (χ3n) is 3.36. The molecule has 1 fully saturated rings. The van der Waals surface area contributed by atoms with E-state index in [1.165, 1.54) is 0 Å². The van der Waals surface area contributed by atoms with E-state index in [0.717, 1.165) is 31.8 Å². The molecule has 2 heterocycles. The van der Waals surface area contributed by atoms with Crippen LogP contribution in [0, 0.1) is 0 Å². The number of methoxy groups -OCH3 is 2. The van der Waals surface area contributed by atoms with E-state index in [1.54, 1.807) is 14.2 Å². The van der Waals surface area contributed by atoms with Crippen LogP contribution in [0.25, 0.3) is 0 Å². The minimum atomic E-state index is 0.302. The van der Waals surface area contributed by atoms with Crippen molar-refractivity contribution in [3.05, 3.63) is 11.9 Å². The molecular weight excluding hydrogens is 220 g/mol. The molecule has 0 aromatic carbocycles. The zero-order valence-electron chi connectivity index (χ0n) is 10.7. The normalized spacial score (nSPS) is 25.6. The fraction of sp³-hybridized carbons (Fsp3) is 0.818. The summed E-state index contributed by atoms with van der Waals surface area (Å²) in [5, 5.41) is 7.84. The first-order valence-electron chi connectivity index (χ1n) is 5.84. The molecule has 1 aromatic heterocycles. The van der Waals surface area contributed by atoms with E-state index in [9.17, 15) is 0 Å². The predicted molar refractivity (Wildman–Crippen MR) is 62.5 cm³/mol. The molecule has 0 N–H and O–H groups in total. The topological polar surface area (TPSA) is 52.4 Å². The summed E-state index contributed by atoms with van der Waals surface area (Å²) in [5.74, 6) is 0. The Balaban J connectivity index is 2.00. The molecule has 1 aliphatic heterocycles. The molecular formula is C11H20N4O2. The van der Waals surface area contributed by atoms with Crippen molar-refractivity contribution in [1.82, 2.24) is 19.9 Å². The Bertz CT molecular complexity index is 355. The number of rotatable bonds is 5. The van der Waals surface area contributed by atoms with Crippen molar-refractivity contribution in [1.29, 1.82) is 0 Å². The smallest absolute Gasteiger partial charge is 0.0738 e. The Kier molecular flexibility index (Phi) is 4.09. The fourth-order valence-corrected chi connectivity index (χ4v) is 2.33. The third kappa shape index (κ3) is 2.83. The lowest BCUT2D eigenvalue weighted by Gasteiger charge is -2.22. The average Bonchev–Trinajstić information content (AvgIpc) is 2.88. The maximum atomic E-state index is 5.43. The number of hydrogen-bond donors (Lipinski definition) is 0. The van der Waals surface area contributed by atoms with Crippen LogP contribution in [0.15, 0.2) is 6.20 Å². The molecule has 0 radical (unpaired) electrons. The van der Waals surface area contributed by atoms with Gasteiger partial charge in [-0.2, -0.15) is 0 Å². The van der Waals surface area contributed by atoms with Crippen LogP contribution in [0.2, 0.25) is 0 Å². The van der Waals surface area contributed by atoms with Gasteiger partial charge in [0.15, 0.2) is 0 Å². The van der Waals surface area contributed by atoms with Crippen molar-refractivity contribution in [2.45, 2.75) is 25.1 Å². The van der Waals surface area contributed by atoms with Gasteiger partial charge in [-0.1, -0.05) is 5.21 Å². The molecule has 1 aromatic rings. The van der Waals surface area contributed by atoms with Gasteiger partial charge in [0, 0.05) is 40.4 Å². The van der Waals surface area contributed by atoms with E-state index in [2.05, 4.69) is 15.2 Å². The van der Waals surface area contributed by atoms with Crippen LogP contribution >= 0.6 is 0 Å². The van der Waals surface area contributed by atoms with Gasteiger partial charge in [-0.05, 0) is 6.42 Å². The number of nitrogens with zero attached hydrogens (tertiary/aromatic N) is 4. The van der Waals surface area contributed by atoms with Crippen molar-refractivity contribution < 1.29 is 9.47 Å². The van der Waals surface area contributed by atoms with E-state index in [0.29, 0.717) is 12.1 Å². The summed E-state index contributed by atoms with van der Waals surface area (Å²) < 4.78 is 12.5. The summed E-state index contributed by atoms with van der Waals surface area (Å²) in [6, 6.07) is 0.417.